The lowest BCUT2D eigenvalue weighted by Gasteiger charge is -2.31. The molecule has 0 saturated heterocycles. The van der Waals surface area contributed by atoms with Crippen LogP contribution < -0.4 is 14.2 Å². The van der Waals surface area contributed by atoms with E-state index in [1.807, 2.05) is 0 Å². The average Bonchev–Trinajstić information content (AvgIpc) is 2.70. The number of aliphatic hydroxyl groups excluding tert-OH is 2. The van der Waals surface area contributed by atoms with Crippen LogP contribution in [-0.2, 0) is 5.79 Å². The van der Waals surface area contributed by atoms with Crippen molar-refractivity contribution >= 4 is 6.08 Å². The molecule has 8 nitrogen and oxygen atoms in total. The molecule has 28 heavy (non-hydrogen) atoms. The summed E-state index contributed by atoms with van der Waals surface area (Å²) in [4.78, 5) is 0. The van der Waals surface area contributed by atoms with E-state index in [-0.39, 0.29) is 29.4 Å². The molecule has 0 heterocycles. The molecule has 8 heteroatoms. The molecule has 5 N–H and O–H groups in total. The number of methoxy groups -OCH3 is 2. The van der Waals surface area contributed by atoms with Crippen molar-refractivity contribution in [1.82, 2.24) is 0 Å². The van der Waals surface area contributed by atoms with E-state index in [0.29, 0.717) is 5.75 Å². The van der Waals surface area contributed by atoms with E-state index in [9.17, 15) is 20.4 Å². The number of phenols is 1. The molecule has 152 valence electrons. The largest absolute Gasteiger partial charge is 0.504 e. The Bertz CT molecular complexity index is 816. The first-order valence-electron chi connectivity index (χ1n) is 8.42. The summed E-state index contributed by atoms with van der Waals surface area (Å²) in [5.74, 6) is -2.23. The minimum atomic E-state index is -2.59. The molecule has 2 rings (SSSR count). The van der Waals surface area contributed by atoms with Crippen molar-refractivity contribution < 1.29 is 39.7 Å². The minimum Gasteiger partial charge on any atom is -0.504 e. The summed E-state index contributed by atoms with van der Waals surface area (Å²) in [5, 5.41) is 49.4. The zero-order chi connectivity index (χ0) is 20.7. The van der Waals surface area contributed by atoms with Gasteiger partial charge in [0.05, 0.1) is 27.4 Å². The van der Waals surface area contributed by atoms with Crippen molar-refractivity contribution in [2.24, 2.45) is 0 Å². The van der Waals surface area contributed by atoms with Crippen molar-refractivity contribution in [3.63, 3.8) is 0 Å². The van der Waals surface area contributed by atoms with Crippen LogP contribution in [0.15, 0.2) is 42.5 Å². The molecule has 0 aliphatic carbocycles. The number of ether oxygens (including phenoxy) is 3. The molecule has 1 atom stereocenters. The number of hydrogen-bond acceptors (Lipinski definition) is 8. The summed E-state index contributed by atoms with van der Waals surface area (Å²) in [7, 11) is 2.75. The van der Waals surface area contributed by atoms with Crippen LogP contribution in [0.25, 0.3) is 6.08 Å². The molecule has 0 unspecified atom stereocenters. The van der Waals surface area contributed by atoms with Gasteiger partial charge >= 0.3 is 0 Å². The first kappa shape index (κ1) is 21.5. The lowest BCUT2D eigenvalue weighted by molar-refractivity contribution is -0.234. The Morgan fingerprint density at radius 2 is 1.68 bits per heavy atom. The van der Waals surface area contributed by atoms with E-state index in [0.717, 1.165) is 5.56 Å². The normalized spacial score (nSPS) is 12.8. The van der Waals surface area contributed by atoms with E-state index in [2.05, 4.69) is 0 Å². The van der Waals surface area contributed by atoms with Gasteiger partial charge in [0, 0.05) is 5.56 Å². The highest BCUT2D eigenvalue weighted by Crippen LogP contribution is 2.35. The molecule has 0 radical (unpaired) electrons. The van der Waals surface area contributed by atoms with Gasteiger partial charge in [0.25, 0.3) is 0 Å². The third-order valence-electron chi connectivity index (χ3n) is 4.09. The van der Waals surface area contributed by atoms with Gasteiger partial charge in [-0.25, -0.2) is 0 Å². The summed E-state index contributed by atoms with van der Waals surface area (Å²) in [6, 6.07) is 8.62. The quantitative estimate of drug-likeness (QED) is 0.400. The second-order valence-corrected chi connectivity index (χ2v) is 5.90. The van der Waals surface area contributed by atoms with Crippen LogP contribution in [0.1, 0.15) is 11.1 Å². The van der Waals surface area contributed by atoms with Gasteiger partial charge in [-0.3, -0.25) is 0 Å². The van der Waals surface area contributed by atoms with Gasteiger partial charge in [0.15, 0.2) is 29.1 Å². The van der Waals surface area contributed by atoms with E-state index < -0.39 is 18.5 Å². The minimum absolute atomic E-state index is 0.0392. The maximum atomic E-state index is 10.6. The standard InChI is InChI=1S/C20H24O8/c1-26-17-11-14(6-7-15(17)23)20(24,25)19(12-22)28-16-8-5-13(4-3-9-21)10-18(16)27-2/h3-8,10-11,19,21-25H,9,12H2,1-2H3/t19-/m0/s1. The first-order valence-corrected chi connectivity index (χ1v) is 8.42. The van der Waals surface area contributed by atoms with Crippen LogP contribution >= 0.6 is 0 Å². The number of phenolic OH excluding ortho intramolecular Hbond substituents is 1. The molecule has 0 fully saturated rings. The van der Waals surface area contributed by atoms with Crippen molar-refractivity contribution in [2.45, 2.75) is 11.9 Å². The zero-order valence-electron chi connectivity index (χ0n) is 15.6. The summed E-state index contributed by atoms with van der Waals surface area (Å²) >= 11 is 0. The molecule has 0 aliphatic heterocycles. The average molecular weight is 392 g/mol. The molecule has 0 bridgehead atoms. The molecule has 2 aromatic rings. The Morgan fingerprint density at radius 1 is 0.964 bits per heavy atom. The van der Waals surface area contributed by atoms with Crippen molar-refractivity contribution in [2.75, 3.05) is 27.4 Å². The van der Waals surface area contributed by atoms with E-state index in [1.165, 1.54) is 32.4 Å². The highest BCUT2D eigenvalue weighted by Gasteiger charge is 2.39. The maximum absolute atomic E-state index is 10.6. The SMILES string of the molecule is COc1cc(C(O)(O)[C@H](CO)Oc2ccc(C=CCO)cc2OC)ccc1O. The van der Waals surface area contributed by atoms with E-state index in [4.69, 9.17) is 19.3 Å². The van der Waals surface area contributed by atoms with Gasteiger partial charge in [-0.1, -0.05) is 18.2 Å². The van der Waals surface area contributed by atoms with Gasteiger partial charge in [-0.15, -0.1) is 0 Å². The number of rotatable bonds is 9. The zero-order valence-corrected chi connectivity index (χ0v) is 15.6. The second-order valence-electron chi connectivity index (χ2n) is 5.90. The van der Waals surface area contributed by atoms with Gasteiger partial charge in [0.1, 0.15) is 0 Å². The Kier molecular flexibility index (Phi) is 7.24. The number of aliphatic hydroxyl groups is 4. The topological polar surface area (TPSA) is 129 Å². The van der Waals surface area contributed by atoms with E-state index in [1.54, 1.807) is 30.4 Å². The maximum Gasteiger partial charge on any atom is 0.230 e. The third-order valence-corrected chi connectivity index (χ3v) is 4.09. The van der Waals surface area contributed by atoms with Crippen LogP contribution in [0.5, 0.6) is 23.0 Å². The van der Waals surface area contributed by atoms with Crippen LogP contribution in [0.4, 0.5) is 0 Å². The molecule has 0 aliphatic rings. The van der Waals surface area contributed by atoms with E-state index >= 15 is 0 Å². The molecular weight excluding hydrogens is 368 g/mol. The van der Waals surface area contributed by atoms with Crippen molar-refractivity contribution in [3.8, 4) is 23.0 Å². The van der Waals surface area contributed by atoms with Gasteiger partial charge in [-0.2, -0.15) is 0 Å². The predicted molar refractivity (Wildman–Crippen MR) is 101 cm³/mol. The van der Waals surface area contributed by atoms with Gasteiger partial charge in [-0.05, 0) is 35.9 Å². The highest BCUT2D eigenvalue weighted by molar-refractivity contribution is 5.56. The van der Waals surface area contributed by atoms with Crippen molar-refractivity contribution in [1.29, 1.82) is 0 Å². The smallest absolute Gasteiger partial charge is 0.230 e. The molecule has 0 saturated carbocycles. The lowest BCUT2D eigenvalue weighted by Crippen LogP contribution is -2.45. The fourth-order valence-electron chi connectivity index (χ4n) is 2.57. The lowest BCUT2D eigenvalue weighted by atomic mass is 9.99. The Morgan fingerprint density at radius 3 is 2.29 bits per heavy atom. The third kappa shape index (κ3) is 4.73. The van der Waals surface area contributed by atoms with Crippen LogP contribution in [0, 0.1) is 0 Å². The molecule has 0 spiro atoms. The van der Waals surface area contributed by atoms with Crippen LogP contribution in [0.3, 0.4) is 0 Å². The second kappa shape index (κ2) is 9.43. The fraction of sp³-hybridized carbons (Fsp3) is 0.300. The number of aromatic hydroxyl groups is 1. The number of hydrogen-bond donors (Lipinski definition) is 5. The Hall–Kier alpha value is -2.78. The summed E-state index contributed by atoms with van der Waals surface area (Å²) < 4.78 is 15.9. The molecular formula is C20H24O8. The monoisotopic (exact) mass is 392 g/mol. The summed E-state index contributed by atoms with van der Waals surface area (Å²) in [5.41, 5.74) is 0.698. The first-order chi connectivity index (χ1) is 13.4. The van der Waals surface area contributed by atoms with Crippen molar-refractivity contribution in [3.05, 3.63) is 53.6 Å². The fourth-order valence-corrected chi connectivity index (χ4v) is 2.57. The molecule has 2 aromatic carbocycles. The number of benzene rings is 2. The highest BCUT2D eigenvalue weighted by atomic mass is 16.6. The summed E-state index contributed by atoms with van der Waals surface area (Å²) in [6.45, 7) is -0.827. The van der Waals surface area contributed by atoms with Crippen LogP contribution in [0.2, 0.25) is 0 Å². The molecule has 0 aromatic heterocycles. The molecule has 0 amide bonds. The summed E-state index contributed by atoms with van der Waals surface area (Å²) in [6.07, 6.45) is 1.77. The van der Waals surface area contributed by atoms with Gasteiger partial charge in [0.2, 0.25) is 5.79 Å². The van der Waals surface area contributed by atoms with Gasteiger partial charge < -0.3 is 39.7 Å². The Labute approximate surface area is 162 Å². The van der Waals surface area contributed by atoms with Crippen LogP contribution in [-0.4, -0.2) is 59.1 Å². The predicted octanol–water partition coefficient (Wildman–Crippen LogP) is 0.992. The Balaban J connectivity index is 2.33.